The van der Waals surface area contributed by atoms with E-state index in [2.05, 4.69) is 5.32 Å². The minimum atomic E-state index is -1.02. The highest BCUT2D eigenvalue weighted by Gasteiger charge is 2.22. The molecular formula is C14H18N2O4. The van der Waals surface area contributed by atoms with Gasteiger partial charge in [0, 0.05) is 25.4 Å². The average Bonchev–Trinajstić information content (AvgIpc) is 2.47. The molecule has 108 valence electrons. The van der Waals surface area contributed by atoms with Gasteiger partial charge in [-0.05, 0) is 37.0 Å². The van der Waals surface area contributed by atoms with Crippen LogP contribution in [0.2, 0.25) is 0 Å². The van der Waals surface area contributed by atoms with Gasteiger partial charge < -0.3 is 20.4 Å². The summed E-state index contributed by atoms with van der Waals surface area (Å²) >= 11 is 0. The molecule has 0 aliphatic carbocycles. The van der Waals surface area contributed by atoms with Crippen LogP contribution in [0, 0.1) is 5.92 Å². The summed E-state index contributed by atoms with van der Waals surface area (Å²) in [5.74, 6) is -0.751. The van der Waals surface area contributed by atoms with Gasteiger partial charge >= 0.3 is 12.0 Å². The molecule has 1 fully saturated rings. The molecule has 2 rings (SSSR count). The van der Waals surface area contributed by atoms with Crippen molar-refractivity contribution in [2.75, 3.05) is 25.0 Å². The molecule has 6 heteroatoms. The van der Waals surface area contributed by atoms with E-state index in [1.807, 2.05) is 0 Å². The van der Waals surface area contributed by atoms with Gasteiger partial charge in [-0.1, -0.05) is 6.07 Å². The normalized spacial score (nSPS) is 15.9. The molecule has 0 bridgehead atoms. The highest BCUT2D eigenvalue weighted by atomic mass is 16.4. The van der Waals surface area contributed by atoms with Crippen molar-refractivity contribution < 1.29 is 19.8 Å². The Morgan fingerprint density at radius 1 is 1.30 bits per heavy atom. The Balaban J connectivity index is 1.95. The van der Waals surface area contributed by atoms with E-state index in [0.717, 1.165) is 12.8 Å². The molecule has 2 amide bonds. The zero-order valence-corrected chi connectivity index (χ0v) is 11.1. The number of anilines is 1. The van der Waals surface area contributed by atoms with Gasteiger partial charge in [0.25, 0.3) is 0 Å². The molecule has 1 heterocycles. The maximum Gasteiger partial charge on any atom is 0.335 e. The molecule has 1 aliphatic rings. The second-order valence-electron chi connectivity index (χ2n) is 4.93. The Bertz CT molecular complexity index is 496. The van der Waals surface area contributed by atoms with E-state index < -0.39 is 5.97 Å². The van der Waals surface area contributed by atoms with E-state index in [9.17, 15) is 9.59 Å². The predicted octanol–water partition coefficient (Wildman–Crippen LogP) is 1.62. The molecule has 1 aliphatic heterocycles. The fraction of sp³-hybridized carbons (Fsp3) is 0.429. The summed E-state index contributed by atoms with van der Waals surface area (Å²) in [6.45, 7) is 1.38. The smallest absolute Gasteiger partial charge is 0.335 e. The quantitative estimate of drug-likeness (QED) is 0.783. The molecule has 3 N–H and O–H groups in total. The minimum Gasteiger partial charge on any atom is -0.478 e. The summed E-state index contributed by atoms with van der Waals surface area (Å²) in [5, 5.41) is 20.7. The molecule has 6 nitrogen and oxygen atoms in total. The van der Waals surface area contributed by atoms with Crippen LogP contribution >= 0.6 is 0 Å². The summed E-state index contributed by atoms with van der Waals surface area (Å²) < 4.78 is 0. The highest BCUT2D eigenvalue weighted by molar-refractivity contribution is 5.93. The average molecular weight is 278 g/mol. The van der Waals surface area contributed by atoms with Gasteiger partial charge in [0.15, 0.2) is 0 Å². The number of aliphatic hydroxyl groups is 1. The lowest BCUT2D eigenvalue weighted by molar-refractivity contribution is 0.0697. The van der Waals surface area contributed by atoms with Crippen molar-refractivity contribution in [2.24, 2.45) is 5.92 Å². The van der Waals surface area contributed by atoms with Crippen LogP contribution in [0.15, 0.2) is 24.3 Å². The first-order valence-corrected chi connectivity index (χ1v) is 6.60. The number of nitrogens with zero attached hydrogens (tertiary/aromatic N) is 1. The first-order valence-electron chi connectivity index (χ1n) is 6.60. The van der Waals surface area contributed by atoms with Gasteiger partial charge in [0.1, 0.15) is 0 Å². The molecule has 0 radical (unpaired) electrons. The van der Waals surface area contributed by atoms with Gasteiger partial charge in [-0.15, -0.1) is 0 Å². The van der Waals surface area contributed by atoms with Crippen LogP contribution in [0.1, 0.15) is 23.2 Å². The molecule has 20 heavy (non-hydrogen) atoms. The summed E-state index contributed by atoms with van der Waals surface area (Å²) in [6, 6.07) is 5.93. The van der Waals surface area contributed by atoms with Crippen LogP contribution in [0.25, 0.3) is 0 Å². The van der Waals surface area contributed by atoms with Gasteiger partial charge in [-0.3, -0.25) is 0 Å². The SMILES string of the molecule is O=C(O)c1cccc(NC(=O)N2CCC(CO)CC2)c1. The van der Waals surface area contributed by atoms with Gasteiger partial charge in [-0.2, -0.15) is 0 Å². The molecule has 0 unspecified atom stereocenters. The maximum atomic E-state index is 12.0. The fourth-order valence-corrected chi connectivity index (χ4v) is 2.25. The lowest BCUT2D eigenvalue weighted by Gasteiger charge is -2.31. The number of urea groups is 1. The number of carboxylic acids is 1. The molecule has 0 atom stereocenters. The number of carbonyl (C=O) groups excluding carboxylic acids is 1. The number of aliphatic hydroxyl groups excluding tert-OH is 1. The lowest BCUT2D eigenvalue weighted by Crippen LogP contribution is -2.41. The van der Waals surface area contributed by atoms with Crippen LogP contribution in [0.3, 0.4) is 0 Å². The van der Waals surface area contributed by atoms with Gasteiger partial charge in [0.05, 0.1) is 5.56 Å². The van der Waals surface area contributed by atoms with Gasteiger partial charge in [-0.25, -0.2) is 9.59 Å². The number of hydrogen-bond acceptors (Lipinski definition) is 3. The number of piperidine rings is 1. The molecule has 0 spiro atoms. The van der Waals surface area contributed by atoms with Crippen molar-refractivity contribution in [3.8, 4) is 0 Å². The van der Waals surface area contributed by atoms with E-state index in [4.69, 9.17) is 10.2 Å². The molecule has 1 saturated heterocycles. The van der Waals surface area contributed by atoms with Crippen molar-refractivity contribution in [3.63, 3.8) is 0 Å². The molecule has 0 aromatic heterocycles. The monoisotopic (exact) mass is 278 g/mol. The number of amides is 2. The molecule has 0 saturated carbocycles. The number of likely N-dealkylation sites (tertiary alicyclic amines) is 1. The van der Waals surface area contributed by atoms with Crippen molar-refractivity contribution >= 4 is 17.7 Å². The Morgan fingerprint density at radius 3 is 2.60 bits per heavy atom. The second-order valence-corrected chi connectivity index (χ2v) is 4.93. The molecule has 1 aromatic carbocycles. The zero-order chi connectivity index (χ0) is 14.5. The molecular weight excluding hydrogens is 260 g/mol. The third kappa shape index (κ3) is 3.48. The summed E-state index contributed by atoms with van der Waals surface area (Å²) in [6.07, 6.45) is 1.58. The minimum absolute atomic E-state index is 0.141. The standard InChI is InChI=1S/C14H18N2O4/c17-9-10-4-6-16(7-5-10)14(20)15-12-3-1-2-11(8-12)13(18)19/h1-3,8,10,17H,4-7,9H2,(H,15,20)(H,18,19). The highest BCUT2D eigenvalue weighted by Crippen LogP contribution is 2.18. The first kappa shape index (κ1) is 14.3. The fourth-order valence-electron chi connectivity index (χ4n) is 2.25. The molecule has 1 aromatic rings. The Morgan fingerprint density at radius 2 is 2.00 bits per heavy atom. The predicted molar refractivity (Wildman–Crippen MR) is 73.8 cm³/mol. The Labute approximate surface area is 117 Å². The van der Waals surface area contributed by atoms with Gasteiger partial charge in [0.2, 0.25) is 0 Å². The Kier molecular flexibility index (Phi) is 4.57. The zero-order valence-electron chi connectivity index (χ0n) is 11.1. The van der Waals surface area contributed by atoms with Crippen LogP contribution in [0.4, 0.5) is 10.5 Å². The largest absolute Gasteiger partial charge is 0.478 e. The van der Waals surface area contributed by atoms with E-state index in [-0.39, 0.29) is 24.1 Å². The Hall–Kier alpha value is -2.08. The van der Waals surface area contributed by atoms with E-state index in [0.29, 0.717) is 18.8 Å². The summed E-state index contributed by atoms with van der Waals surface area (Å²) in [7, 11) is 0. The topological polar surface area (TPSA) is 89.9 Å². The first-order chi connectivity index (χ1) is 9.60. The van der Waals surface area contributed by atoms with Crippen molar-refractivity contribution in [3.05, 3.63) is 29.8 Å². The number of benzene rings is 1. The number of carboxylic acid groups (broad SMARTS) is 1. The van der Waals surface area contributed by atoms with Crippen LogP contribution < -0.4 is 5.32 Å². The van der Waals surface area contributed by atoms with Crippen LogP contribution in [-0.2, 0) is 0 Å². The maximum absolute atomic E-state index is 12.0. The van der Waals surface area contributed by atoms with Crippen molar-refractivity contribution in [1.82, 2.24) is 4.90 Å². The number of nitrogens with one attached hydrogen (secondary N) is 1. The summed E-state index contributed by atoms with van der Waals surface area (Å²) in [4.78, 5) is 24.6. The number of hydrogen-bond donors (Lipinski definition) is 3. The number of carbonyl (C=O) groups is 2. The lowest BCUT2D eigenvalue weighted by atomic mass is 9.98. The van der Waals surface area contributed by atoms with Crippen molar-refractivity contribution in [2.45, 2.75) is 12.8 Å². The third-order valence-corrected chi connectivity index (χ3v) is 3.52. The van der Waals surface area contributed by atoms with E-state index in [1.165, 1.54) is 12.1 Å². The number of aromatic carboxylic acids is 1. The van der Waals surface area contributed by atoms with Crippen LogP contribution in [0.5, 0.6) is 0 Å². The second kappa shape index (κ2) is 6.38. The summed E-state index contributed by atoms with van der Waals surface area (Å²) in [5.41, 5.74) is 0.612. The van der Waals surface area contributed by atoms with Crippen molar-refractivity contribution in [1.29, 1.82) is 0 Å². The van der Waals surface area contributed by atoms with E-state index >= 15 is 0 Å². The van der Waals surface area contributed by atoms with E-state index in [1.54, 1.807) is 17.0 Å². The van der Waals surface area contributed by atoms with Crippen LogP contribution in [-0.4, -0.2) is 46.8 Å². The number of rotatable bonds is 3. The third-order valence-electron chi connectivity index (χ3n) is 3.52.